The van der Waals surface area contributed by atoms with Crippen LogP contribution < -0.4 is 4.72 Å². The van der Waals surface area contributed by atoms with E-state index in [2.05, 4.69) is 4.72 Å². The van der Waals surface area contributed by atoms with Crippen molar-refractivity contribution < 1.29 is 8.42 Å². The minimum atomic E-state index is -3.59. The average molecular weight is 324 g/mol. The SMILES string of the molecule is Cc1ccc(C)c(S(=O)(=O)N[C@@H](C)c2ccccc2Cl)c1. The van der Waals surface area contributed by atoms with Crippen LogP contribution >= 0.6 is 11.6 Å². The van der Waals surface area contributed by atoms with Crippen LogP contribution in [0, 0.1) is 13.8 Å². The van der Waals surface area contributed by atoms with Crippen molar-refractivity contribution in [1.82, 2.24) is 4.72 Å². The molecule has 3 nitrogen and oxygen atoms in total. The van der Waals surface area contributed by atoms with Crippen LogP contribution in [0.1, 0.15) is 29.7 Å². The molecule has 2 aromatic carbocycles. The van der Waals surface area contributed by atoms with E-state index >= 15 is 0 Å². The fourth-order valence-corrected chi connectivity index (χ4v) is 4.03. The molecule has 0 bridgehead atoms. The lowest BCUT2D eigenvalue weighted by Gasteiger charge is -2.17. The molecule has 0 aliphatic rings. The van der Waals surface area contributed by atoms with Gasteiger partial charge in [0.05, 0.1) is 4.90 Å². The van der Waals surface area contributed by atoms with E-state index in [4.69, 9.17) is 11.6 Å². The number of aryl methyl sites for hydroxylation is 2. The summed E-state index contributed by atoms with van der Waals surface area (Å²) in [6.07, 6.45) is 0. The molecule has 0 unspecified atom stereocenters. The van der Waals surface area contributed by atoms with Crippen LogP contribution in [0.4, 0.5) is 0 Å². The maximum atomic E-state index is 12.5. The van der Waals surface area contributed by atoms with Gasteiger partial charge in [0, 0.05) is 11.1 Å². The zero-order chi connectivity index (χ0) is 15.6. The van der Waals surface area contributed by atoms with E-state index in [9.17, 15) is 8.42 Å². The van der Waals surface area contributed by atoms with Gasteiger partial charge in [-0.2, -0.15) is 0 Å². The van der Waals surface area contributed by atoms with Crippen LogP contribution in [0.5, 0.6) is 0 Å². The van der Waals surface area contributed by atoms with Crippen molar-refractivity contribution in [3.8, 4) is 0 Å². The topological polar surface area (TPSA) is 46.2 Å². The molecule has 0 saturated carbocycles. The van der Waals surface area contributed by atoms with Gasteiger partial charge in [0.15, 0.2) is 0 Å². The molecule has 0 aliphatic carbocycles. The predicted octanol–water partition coefficient (Wildman–Crippen LogP) is 4.00. The monoisotopic (exact) mass is 323 g/mol. The Morgan fingerprint density at radius 2 is 1.76 bits per heavy atom. The van der Waals surface area contributed by atoms with Crippen LogP contribution in [-0.4, -0.2) is 8.42 Å². The third kappa shape index (κ3) is 3.64. The highest BCUT2D eigenvalue weighted by Crippen LogP contribution is 2.25. The fourth-order valence-electron chi connectivity index (χ4n) is 2.18. The molecule has 0 aliphatic heterocycles. The average Bonchev–Trinajstić information content (AvgIpc) is 2.41. The quantitative estimate of drug-likeness (QED) is 0.924. The smallest absolute Gasteiger partial charge is 0.207 e. The fraction of sp³-hybridized carbons (Fsp3) is 0.250. The van der Waals surface area contributed by atoms with Crippen LogP contribution in [0.2, 0.25) is 5.02 Å². The first-order chi connectivity index (χ1) is 9.81. The Morgan fingerprint density at radius 1 is 1.10 bits per heavy atom. The zero-order valence-corrected chi connectivity index (χ0v) is 13.8. The van der Waals surface area contributed by atoms with Gasteiger partial charge in [-0.05, 0) is 49.6 Å². The lowest BCUT2D eigenvalue weighted by molar-refractivity contribution is 0.566. The summed E-state index contributed by atoms with van der Waals surface area (Å²) < 4.78 is 27.8. The number of hydrogen-bond acceptors (Lipinski definition) is 2. The van der Waals surface area contributed by atoms with Crippen molar-refractivity contribution in [2.45, 2.75) is 31.7 Å². The summed E-state index contributed by atoms with van der Waals surface area (Å²) in [7, 11) is -3.59. The summed E-state index contributed by atoms with van der Waals surface area (Å²) >= 11 is 6.12. The molecule has 0 aromatic heterocycles. The molecule has 21 heavy (non-hydrogen) atoms. The van der Waals surface area contributed by atoms with E-state index < -0.39 is 16.1 Å². The number of nitrogens with one attached hydrogen (secondary N) is 1. The zero-order valence-electron chi connectivity index (χ0n) is 12.2. The Bertz CT molecular complexity index is 757. The van der Waals surface area contributed by atoms with E-state index in [-0.39, 0.29) is 0 Å². The van der Waals surface area contributed by atoms with Crippen molar-refractivity contribution >= 4 is 21.6 Å². The number of halogens is 1. The maximum absolute atomic E-state index is 12.5. The number of sulfonamides is 1. The van der Waals surface area contributed by atoms with Crippen molar-refractivity contribution in [2.24, 2.45) is 0 Å². The van der Waals surface area contributed by atoms with Gasteiger partial charge in [0.1, 0.15) is 0 Å². The molecule has 0 spiro atoms. The van der Waals surface area contributed by atoms with E-state index in [1.165, 1.54) is 0 Å². The van der Waals surface area contributed by atoms with Gasteiger partial charge in [-0.15, -0.1) is 0 Å². The van der Waals surface area contributed by atoms with E-state index in [1.54, 1.807) is 26.0 Å². The molecular weight excluding hydrogens is 306 g/mol. The molecule has 112 valence electrons. The molecule has 1 N–H and O–H groups in total. The van der Waals surface area contributed by atoms with E-state index in [0.29, 0.717) is 9.92 Å². The molecule has 5 heteroatoms. The minimum Gasteiger partial charge on any atom is -0.207 e. The summed E-state index contributed by atoms with van der Waals surface area (Å²) in [6, 6.07) is 12.2. The highest BCUT2D eigenvalue weighted by Gasteiger charge is 2.21. The molecule has 0 amide bonds. The van der Waals surface area contributed by atoms with Gasteiger partial charge in [0.25, 0.3) is 0 Å². The molecule has 2 aromatic rings. The molecule has 0 heterocycles. The first-order valence-corrected chi connectivity index (χ1v) is 8.51. The van der Waals surface area contributed by atoms with Crippen LogP contribution in [-0.2, 0) is 10.0 Å². The summed E-state index contributed by atoms with van der Waals surface area (Å²) in [4.78, 5) is 0.307. The molecule has 0 saturated heterocycles. The van der Waals surface area contributed by atoms with E-state index in [1.807, 2.05) is 37.3 Å². The van der Waals surface area contributed by atoms with Gasteiger partial charge >= 0.3 is 0 Å². The lowest BCUT2D eigenvalue weighted by atomic mass is 10.1. The lowest BCUT2D eigenvalue weighted by Crippen LogP contribution is -2.27. The van der Waals surface area contributed by atoms with Gasteiger partial charge in [-0.25, -0.2) is 13.1 Å². The third-order valence-electron chi connectivity index (χ3n) is 3.34. The van der Waals surface area contributed by atoms with Crippen molar-refractivity contribution in [3.05, 3.63) is 64.2 Å². The normalized spacial score (nSPS) is 13.1. The summed E-state index contributed by atoms with van der Waals surface area (Å²) in [5.41, 5.74) is 2.39. The van der Waals surface area contributed by atoms with Crippen molar-refractivity contribution in [1.29, 1.82) is 0 Å². The number of benzene rings is 2. The van der Waals surface area contributed by atoms with Crippen LogP contribution in [0.15, 0.2) is 47.4 Å². The predicted molar refractivity (Wildman–Crippen MR) is 86.1 cm³/mol. The molecule has 0 fully saturated rings. The first-order valence-electron chi connectivity index (χ1n) is 6.65. The largest absolute Gasteiger partial charge is 0.241 e. The highest BCUT2D eigenvalue weighted by atomic mass is 35.5. The molecule has 2 rings (SSSR count). The Kier molecular flexibility index (Phi) is 4.71. The Balaban J connectivity index is 2.34. The number of rotatable bonds is 4. The summed E-state index contributed by atoms with van der Waals surface area (Å²) in [5.74, 6) is 0. The van der Waals surface area contributed by atoms with Gasteiger partial charge in [0.2, 0.25) is 10.0 Å². The van der Waals surface area contributed by atoms with Crippen molar-refractivity contribution in [3.63, 3.8) is 0 Å². The standard InChI is InChI=1S/C16H18ClNO2S/c1-11-8-9-12(2)16(10-11)21(19,20)18-13(3)14-6-4-5-7-15(14)17/h4-10,13,18H,1-3H3/t13-/m0/s1. The van der Waals surface area contributed by atoms with E-state index in [0.717, 1.165) is 16.7 Å². The Morgan fingerprint density at radius 3 is 2.43 bits per heavy atom. The second-order valence-electron chi connectivity index (χ2n) is 5.13. The van der Waals surface area contributed by atoms with Gasteiger partial charge in [-0.1, -0.05) is 41.9 Å². The summed E-state index contributed by atoms with van der Waals surface area (Å²) in [6.45, 7) is 5.44. The molecule has 1 atom stereocenters. The Hall–Kier alpha value is -1.36. The number of hydrogen-bond donors (Lipinski definition) is 1. The molecular formula is C16H18ClNO2S. The minimum absolute atomic E-state index is 0.307. The maximum Gasteiger partial charge on any atom is 0.241 e. The second-order valence-corrected chi connectivity index (χ2v) is 7.22. The molecule has 0 radical (unpaired) electrons. The van der Waals surface area contributed by atoms with Gasteiger partial charge < -0.3 is 0 Å². The van der Waals surface area contributed by atoms with Crippen LogP contribution in [0.25, 0.3) is 0 Å². The first kappa shape index (κ1) is 16.0. The van der Waals surface area contributed by atoms with Crippen molar-refractivity contribution in [2.75, 3.05) is 0 Å². The van der Waals surface area contributed by atoms with Crippen LogP contribution in [0.3, 0.4) is 0 Å². The summed E-state index contributed by atoms with van der Waals surface area (Å²) in [5, 5.41) is 0.550. The second kappa shape index (κ2) is 6.18. The van der Waals surface area contributed by atoms with Gasteiger partial charge in [-0.3, -0.25) is 0 Å². The third-order valence-corrected chi connectivity index (χ3v) is 5.36. The Labute approximate surface area is 131 Å². The highest BCUT2D eigenvalue weighted by molar-refractivity contribution is 7.89.